The Balaban J connectivity index is 1.72. The summed E-state index contributed by atoms with van der Waals surface area (Å²) < 4.78 is 0. The zero-order valence-electron chi connectivity index (χ0n) is 11.1. The topological polar surface area (TPSA) is 29.1 Å². The van der Waals surface area contributed by atoms with Crippen molar-refractivity contribution < 1.29 is 4.79 Å². The van der Waals surface area contributed by atoms with Crippen LogP contribution in [0.25, 0.3) is 0 Å². The molecule has 1 heterocycles. The molecule has 104 valence electrons. The van der Waals surface area contributed by atoms with E-state index in [1.165, 1.54) is 36.1 Å². The van der Waals surface area contributed by atoms with Gasteiger partial charge in [-0.3, -0.25) is 4.79 Å². The molecule has 0 radical (unpaired) electrons. The lowest BCUT2D eigenvalue weighted by atomic mass is 9.83. The molecule has 0 unspecified atom stereocenters. The molecule has 2 aliphatic rings. The van der Waals surface area contributed by atoms with Gasteiger partial charge in [0.15, 0.2) is 0 Å². The van der Waals surface area contributed by atoms with Crippen LogP contribution in [0.2, 0.25) is 0 Å². The van der Waals surface area contributed by atoms with Gasteiger partial charge >= 0.3 is 0 Å². The first-order valence-corrected chi connectivity index (χ1v) is 8.58. The van der Waals surface area contributed by atoms with E-state index in [0.29, 0.717) is 5.88 Å². The number of thiophene rings is 1. The number of halogens is 1. The van der Waals surface area contributed by atoms with Crippen molar-refractivity contribution in [2.24, 2.45) is 0 Å². The molecule has 2 aliphatic carbocycles. The second-order valence-corrected chi connectivity index (χ2v) is 7.25. The van der Waals surface area contributed by atoms with Gasteiger partial charge in [-0.05, 0) is 43.7 Å². The van der Waals surface area contributed by atoms with Gasteiger partial charge in [0.1, 0.15) is 0 Å². The summed E-state index contributed by atoms with van der Waals surface area (Å²) in [4.78, 5) is 14.7. The Hall–Kier alpha value is -0.540. The Morgan fingerprint density at radius 1 is 1.26 bits per heavy atom. The molecule has 2 nitrogen and oxygen atoms in total. The fraction of sp³-hybridized carbons (Fsp3) is 0.667. The van der Waals surface area contributed by atoms with Gasteiger partial charge in [-0.15, -0.1) is 22.9 Å². The first kappa shape index (κ1) is 13.4. The predicted molar refractivity (Wildman–Crippen MR) is 80.3 cm³/mol. The van der Waals surface area contributed by atoms with E-state index in [2.05, 4.69) is 11.4 Å². The number of rotatable bonds is 3. The van der Waals surface area contributed by atoms with Crippen LogP contribution in [0.5, 0.6) is 0 Å². The SMILES string of the molecule is O=C(NC1(CCl)CCCCC1)c1cc2c(s1)CCC2. The lowest BCUT2D eigenvalue weighted by Crippen LogP contribution is -2.51. The molecule has 0 aromatic carbocycles. The van der Waals surface area contributed by atoms with E-state index >= 15 is 0 Å². The molecule has 19 heavy (non-hydrogen) atoms. The molecular formula is C15H20ClNOS. The lowest BCUT2D eigenvalue weighted by molar-refractivity contribution is 0.0889. The van der Waals surface area contributed by atoms with Crippen molar-refractivity contribution in [3.63, 3.8) is 0 Å². The number of nitrogens with one attached hydrogen (secondary N) is 1. The van der Waals surface area contributed by atoms with Crippen LogP contribution >= 0.6 is 22.9 Å². The van der Waals surface area contributed by atoms with Gasteiger partial charge in [0.25, 0.3) is 5.91 Å². The third-order valence-electron chi connectivity index (χ3n) is 4.42. The van der Waals surface area contributed by atoms with E-state index in [9.17, 15) is 4.79 Å². The maximum absolute atomic E-state index is 12.4. The van der Waals surface area contributed by atoms with Crippen molar-refractivity contribution in [1.29, 1.82) is 0 Å². The third-order valence-corrected chi connectivity index (χ3v) is 6.16. The Labute approximate surface area is 123 Å². The molecule has 0 aliphatic heterocycles. The molecule has 1 fully saturated rings. The van der Waals surface area contributed by atoms with Crippen molar-refractivity contribution in [3.05, 3.63) is 21.4 Å². The number of fused-ring (bicyclic) bond motifs is 1. The summed E-state index contributed by atoms with van der Waals surface area (Å²) >= 11 is 7.81. The van der Waals surface area contributed by atoms with Gasteiger partial charge < -0.3 is 5.32 Å². The number of carbonyl (C=O) groups excluding carboxylic acids is 1. The molecule has 1 aromatic heterocycles. The van der Waals surface area contributed by atoms with Crippen LogP contribution in [0.3, 0.4) is 0 Å². The van der Waals surface area contributed by atoms with Crippen LogP contribution in [0.4, 0.5) is 0 Å². The third kappa shape index (κ3) is 2.68. The number of amides is 1. The van der Waals surface area contributed by atoms with Crippen molar-refractivity contribution in [3.8, 4) is 0 Å². The van der Waals surface area contributed by atoms with Crippen molar-refractivity contribution in [1.82, 2.24) is 5.32 Å². The van der Waals surface area contributed by atoms with Crippen LogP contribution in [0.1, 0.15) is 58.6 Å². The maximum atomic E-state index is 12.4. The van der Waals surface area contributed by atoms with Crippen LogP contribution in [-0.2, 0) is 12.8 Å². The minimum atomic E-state index is -0.161. The average Bonchev–Trinajstić information content (AvgIpc) is 3.00. The quantitative estimate of drug-likeness (QED) is 0.842. The van der Waals surface area contributed by atoms with Gasteiger partial charge in [-0.2, -0.15) is 0 Å². The van der Waals surface area contributed by atoms with Crippen molar-refractivity contribution in [2.75, 3.05) is 5.88 Å². The lowest BCUT2D eigenvalue weighted by Gasteiger charge is -2.36. The first-order valence-electron chi connectivity index (χ1n) is 7.22. The Morgan fingerprint density at radius 3 is 2.74 bits per heavy atom. The van der Waals surface area contributed by atoms with Gasteiger partial charge in [0.05, 0.1) is 10.4 Å². The van der Waals surface area contributed by atoms with E-state index in [-0.39, 0.29) is 11.4 Å². The Bertz CT molecular complexity index is 455. The summed E-state index contributed by atoms with van der Waals surface area (Å²) in [7, 11) is 0. The number of carbonyl (C=O) groups is 1. The summed E-state index contributed by atoms with van der Waals surface area (Å²) in [5, 5.41) is 3.23. The molecule has 0 spiro atoms. The van der Waals surface area contributed by atoms with Gasteiger partial charge in [0, 0.05) is 10.8 Å². The van der Waals surface area contributed by atoms with Crippen LogP contribution in [-0.4, -0.2) is 17.3 Å². The van der Waals surface area contributed by atoms with Crippen molar-refractivity contribution >= 4 is 28.8 Å². The predicted octanol–water partition coefficient (Wildman–Crippen LogP) is 3.91. The van der Waals surface area contributed by atoms with E-state index < -0.39 is 0 Å². The standard InChI is InChI=1S/C15H20ClNOS/c16-10-15(7-2-1-3-8-15)17-14(18)13-9-11-5-4-6-12(11)19-13/h9H,1-8,10H2,(H,17,18). The molecule has 1 aromatic rings. The second-order valence-electron chi connectivity index (χ2n) is 5.84. The zero-order chi connectivity index (χ0) is 13.3. The molecule has 0 bridgehead atoms. The van der Waals surface area contributed by atoms with E-state index in [1.54, 1.807) is 11.3 Å². The molecule has 1 amide bonds. The van der Waals surface area contributed by atoms with Crippen LogP contribution in [0.15, 0.2) is 6.07 Å². The maximum Gasteiger partial charge on any atom is 0.261 e. The van der Waals surface area contributed by atoms with E-state index in [0.717, 1.165) is 30.6 Å². The molecular weight excluding hydrogens is 278 g/mol. The summed E-state index contributed by atoms with van der Waals surface area (Å²) in [5.41, 5.74) is 1.23. The monoisotopic (exact) mass is 297 g/mol. The summed E-state index contributed by atoms with van der Waals surface area (Å²) in [6.45, 7) is 0. The summed E-state index contributed by atoms with van der Waals surface area (Å²) in [6, 6.07) is 2.09. The summed E-state index contributed by atoms with van der Waals surface area (Å²) in [5.74, 6) is 0.617. The second kappa shape index (κ2) is 5.45. The van der Waals surface area contributed by atoms with Crippen LogP contribution < -0.4 is 5.32 Å². The Morgan fingerprint density at radius 2 is 2.05 bits per heavy atom. The highest BCUT2D eigenvalue weighted by molar-refractivity contribution is 7.14. The molecule has 3 rings (SSSR count). The first-order chi connectivity index (χ1) is 9.22. The highest BCUT2D eigenvalue weighted by Gasteiger charge is 2.33. The Kier molecular flexibility index (Phi) is 3.86. The number of alkyl halides is 1. The average molecular weight is 298 g/mol. The normalized spacial score (nSPS) is 21.1. The van der Waals surface area contributed by atoms with Gasteiger partial charge in [-0.1, -0.05) is 19.3 Å². The molecule has 4 heteroatoms. The molecule has 1 N–H and O–H groups in total. The van der Waals surface area contributed by atoms with Crippen LogP contribution in [0, 0.1) is 0 Å². The smallest absolute Gasteiger partial charge is 0.261 e. The number of aryl methyl sites for hydroxylation is 2. The zero-order valence-corrected chi connectivity index (χ0v) is 12.7. The fourth-order valence-corrected chi connectivity index (χ4v) is 4.75. The molecule has 1 saturated carbocycles. The number of hydrogen-bond donors (Lipinski definition) is 1. The highest BCUT2D eigenvalue weighted by atomic mass is 35.5. The summed E-state index contributed by atoms with van der Waals surface area (Å²) in [6.07, 6.45) is 9.19. The van der Waals surface area contributed by atoms with E-state index in [1.807, 2.05) is 0 Å². The number of hydrogen-bond acceptors (Lipinski definition) is 2. The van der Waals surface area contributed by atoms with Gasteiger partial charge in [0.2, 0.25) is 0 Å². The van der Waals surface area contributed by atoms with E-state index in [4.69, 9.17) is 11.6 Å². The van der Waals surface area contributed by atoms with Gasteiger partial charge in [-0.25, -0.2) is 0 Å². The van der Waals surface area contributed by atoms with Crippen molar-refractivity contribution in [2.45, 2.75) is 56.9 Å². The fourth-order valence-electron chi connectivity index (χ4n) is 3.26. The highest BCUT2D eigenvalue weighted by Crippen LogP contribution is 2.33. The minimum Gasteiger partial charge on any atom is -0.345 e. The minimum absolute atomic E-state index is 0.0851. The largest absolute Gasteiger partial charge is 0.345 e. The molecule has 0 saturated heterocycles. The molecule has 0 atom stereocenters.